The molecule has 0 bridgehead atoms. The van der Waals surface area contributed by atoms with Crippen LogP contribution >= 0.6 is 0 Å². The minimum atomic E-state index is -1.32. The first-order chi connectivity index (χ1) is 15.5. The van der Waals surface area contributed by atoms with E-state index in [2.05, 4.69) is 39.2 Å². The van der Waals surface area contributed by atoms with E-state index in [0.717, 1.165) is 43.9 Å². The number of amidine groups is 1. The molecule has 0 spiro atoms. The van der Waals surface area contributed by atoms with Gasteiger partial charge >= 0.3 is 0 Å². The van der Waals surface area contributed by atoms with Crippen molar-refractivity contribution in [2.24, 2.45) is 5.16 Å². The fraction of sp³-hybridized carbons (Fsp3) is 0.500. The molecule has 1 aliphatic carbocycles. The Hall–Kier alpha value is -2.47. The van der Waals surface area contributed by atoms with Crippen LogP contribution in [0.15, 0.2) is 53.7 Å². The summed E-state index contributed by atoms with van der Waals surface area (Å²) in [5, 5.41) is 4.43. The summed E-state index contributed by atoms with van der Waals surface area (Å²) in [6.45, 7) is 2.34. The van der Waals surface area contributed by atoms with Crippen LogP contribution in [0.2, 0.25) is 0 Å². The van der Waals surface area contributed by atoms with Crippen molar-refractivity contribution in [2.75, 3.05) is 26.7 Å². The summed E-state index contributed by atoms with van der Waals surface area (Å²) in [4.78, 5) is 10.3. The first-order valence-corrected chi connectivity index (χ1v) is 11.7. The molecule has 1 saturated heterocycles. The summed E-state index contributed by atoms with van der Waals surface area (Å²) in [6.07, 6.45) is 2.86. The molecule has 0 amide bonds. The molecule has 32 heavy (non-hydrogen) atoms. The average Bonchev–Trinajstić information content (AvgIpc) is 3.37. The van der Waals surface area contributed by atoms with Crippen LogP contribution in [0.5, 0.6) is 0 Å². The molecular formula is C26H29F2N3O. The number of benzene rings is 2. The molecule has 3 heterocycles. The van der Waals surface area contributed by atoms with Crippen LogP contribution in [-0.2, 0) is 16.7 Å². The monoisotopic (exact) mass is 437 g/mol. The van der Waals surface area contributed by atoms with Gasteiger partial charge in [0, 0.05) is 31.1 Å². The number of nitrogens with zero attached hydrogens (tertiary/aromatic N) is 3. The second-order valence-electron chi connectivity index (χ2n) is 9.94. The zero-order valence-electron chi connectivity index (χ0n) is 18.4. The minimum Gasteiger partial charge on any atom is -0.387 e. The Kier molecular flexibility index (Phi) is 4.58. The first-order valence-electron chi connectivity index (χ1n) is 11.7. The lowest BCUT2D eigenvalue weighted by Gasteiger charge is -2.37. The van der Waals surface area contributed by atoms with E-state index in [-0.39, 0.29) is 17.3 Å². The SMILES string of the molecule is CN1CCC(F)(C2CC(N3CCc4ccccc4[C@]4(c5ccc(F)cc5)CC34)=NO2)CC1. The third kappa shape index (κ3) is 3.06. The molecule has 0 aromatic heterocycles. The van der Waals surface area contributed by atoms with Crippen LogP contribution in [0.1, 0.15) is 42.4 Å². The fourth-order valence-electron chi connectivity index (χ4n) is 6.13. The second-order valence-corrected chi connectivity index (χ2v) is 9.94. The third-order valence-corrected chi connectivity index (χ3v) is 8.16. The average molecular weight is 438 g/mol. The first kappa shape index (κ1) is 20.2. The van der Waals surface area contributed by atoms with Crippen molar-refractivity contribution in [3.05, 3.63) is 71.0 Å². The molecule has 2 fully saturated rings. The zero-order valence-corrected chi connectivity index (χ0v) is 18.4. The largest absolute Gasteiger partial charge is 0.387 e. The smallest absolute Gasteiger partial charge is 0.168 e. The van der Waals surface area contributed by atoms with Gasteiger partial charge in [-0.05, 0) is 61.6 Å². The van der Waals surface area contributed by atoms with Crippen LogP contribution in [-0.4, -0.2) is 60.1 Å². The minimum absolute atomic E-state index is 0.178. The Morgan fingerprint density at radius 1 is 1.03 bits per heavy atom. The van der Waals surface area contributed by atoms with E-state index in [1.54, 1.807) is 12.1 Å². The maximum absolute atomic E-state index is 15.7. The number of likely N-dealkylation sites (tertiary alicyclic amines) is 1. The number of piperidine rings is 1. The van der Waals surface area contributed by atoms with Gasteiger partial charge in [-0.25, -0.2) is 8.78 Å². The predicted molar refractivity (Wildman–Crippen MR) is 120 cm³/mol. The summed E-state index contributed by atoms with van der Waals surface area (Å²) in [5.74, 6) is 0.650. The summed E-state index contributed by atoms with van der Waals surface area (Å²) in [5.41, 5.74) is 2.30. The van der Waals surface area contributed by atoms with E-state index in [1.807, 2.05) is 19.2 Å². The Morgan fingerprint density at radius 3 is 2.56 bits per heavy atom. The molecule has 0 radical (unpaired) electrons. The second kappa shape index (κ2) is 7.27. The van der Waals surface area contributed by atoms with Gasteiger partial charge in [-0.3, -0.25) is 0 Å². The standard InChI is InChI=1S/C26H29F2N3O/c1-30-14-11-25(28,12-15-30)23-16-24(29-32-23)31-13-10-18-4-2-3-5-21(18)26(17-22(26)31)19-6-8-20(27)9-7-19/h2-9,22-23H,10-17H2,1H3/t22?,23?,26-/m1/s1. The lowest BCUT2D eigenvalue weighted by Crippen LogP contribution is -2.48. The molecule has 2 aromatic rings. The van der Waals surface area contributed by atoms with E-state index in [4.69, 9.17) is 4.84 Å². The van der Waals surface area contributed by atoms with Gasteiger partial charge in [-0.15, -0.1) is 0 Å². The molecule has 3 atom stereocenters. The highest BCUT2D eigenvalue weighted by molar-refractivity contribution is 5.85. The van der Waals surface area contributed by atoms with Gasteiger partial charge < -0.3 is 14.6 Å². The Morgan fingerprint density at radius 2 is 1.78 bits per heavy atom. The van der Waals surface area contributed by atoms with E-state index < -0.39 is 11.8 Å². The summed E-state index contributed by atoms with van der Waals surface area (Å²) in [7, 11) is 2.04. The highest BCUT2D eigenvalue weighted by atomic mass is 19.1. The number of halogens is 2. The molecule has 6 rings (SSSR count). The number of alkyl halides is 1. The van der Waals surface area contributed by atoms with Crippen molar-refractivity contribution in [3.8, 4) is 0 Å². The predicted octanol–water partition coefficient (Wildman–Crippen LogP) is 4.28. The topological polar surface area (TPSA) is 28.1 Å². The van der Waals surface area contributed by atoms with Crippen LogP contribution in [0.3, 0.4) is 0 Å². The maximum atomic E-state index is 15.7. The van der Waals surface area contributed by atoms with Crippen molar-refractivity contribution in [3.63, 3.8) is 0 Å². The summed E-state index contributed by atoms with van der Waals surface area (Å²) < 4.78 is 29.4. The van der Waals surface area contributed by atoms with Crippen LogP contribution in [0.25, 0.3) is 0 Å². The van der Waals surface area contributed by atoms with Gasteiger partial charge in [0.2, 0.25) is 0 Å². The summed E-state index contributed by atoms with van der Waals surface area (Å²) >= 11 is 0. The van der Waals surface area contributed by atoms with Crippen molar-refractivity contribution in [2.45, 2.75) is 55.3 Å². The van der Waals surface area contributed by atoms with Crippen LogP contribution in [0.4, 0.5) is 8.78 Å². The molecular weight excluding hydrogens is 408 g/mol. The number of rotatable bonds is 2. The third-order valence-electron chi connectivity index (χ3n) is 8.16. The van der Waals surface area contributed by atoms with Gasteiger partial charge in [0.15, 0.2) is 11.8 Å². The van der Waals surface area contributed by atoms with E-state index >= 15 is 4.39 Å². The highest BCUT2D eigenvalue weighted by Crippen LogP contribution is 2.59. The number of hydrogen-bond acceptors (Lipinski definition) is 4. The molecule has 3 aliphatic heterocycles. The fourth-order valence-corrected chi connectivity index (χ4v) is 6.13. The molecule has 2 unspecified atom stereocenters. The van der Waals surface area contributed by atoms with Crippen LogP contribution in [0, 0.1) is 5.82 Å². The highest BCUT2D eigenvalue weighted by Gasteiger charge is 2.62. The molecule has 0 N–H and O–H groups in total. The molecule has 1 saturated carbocycles. The molecule has 6 heteroatoms. The van der Waals surface area contributed by atoms with Crippen molar-refractivity contribution < 1.29 is 13.6 Å². The van der Waals surface area contributed by atoms with E-state index in [1.165, 1.54) is 11.1 Å². The van der Waals surface area contributed by atoms with Crippen molar-refractivity contribution >= 4 is 5.84 Å². The quantitative estimate of drug-likeness (QED) is 0.702. The van der Waals surface area contributed by atoms with Gasteiger partial charge in [-0.1, -0.05) is 41.6 Å². The Labute approximate surface area is 187 Å². The lowest BCUT2D eigenvalue weighted by molar-refractivity contribution is -0.0704. The van der Waals surface area contributed by atoms with Gasteiger partial charge in [-0.2, -0.15) is 0 Å². The van der Waals surface area contributed by atoms with Crippen LogP contribution < -0.4 is 0 Å². The zero-order chi connectivity index (χ0) is 21.9. The van der Waals surface area contributed by atoms with Gasteiger partial charge in [0.05, 0.1) is 6.42 Å². The van der Waals surface area contributed by atoms with Crippen molar-refractivity contribution in [1.82, 2.24) is 9.80 Å². The number of oxime groups is 1. The van der Waals surface area contributed by atoms with Crippen molar-refractivity contribution in [1.29, 1.82) is 0 Å². The normalized spacial score (nSPS) is 31.2. The molecule has 4 nitrogen and oxygen atoms in total. The van der Waals surface area contributed by atoms with E-state index in [0.29, 0.717) is 19.3 Å². The van der Waals surface area contributed by atoms with Gasteiger partial charge in [0.25, 0.3) is 0 Å². The molecule has 4 aliphatic rings. The van der Waals surface area contributed by atoms with Gasteiger partial charge in [0.1, 0.15) is 11.7 Å². The molecule has 168 valence electrons. The molecule has 2 aromatic carbocycles. The lowest BCUT2D eigenvalue weighted by atomic mass is 9.84. The summed E-state index contributed by atoms with van der Waals surface area (Å²) in [6, 6.07) is 15.8. The Bertz CT molecular complexity index is 1050. The Balaban J connectivity index is 1.29. The number of fused-ring (bicyclic) bond motifs is 3. The number of hydrogen-bond donors (Lipinski definition) is 0. The van der Waals surface area contributed by atoms with E-state index in [9.17, 15) is 4.39 Å². The maximum Gasteiger partial charge on any atom is 0.168 e.